The molecule has 0 bridgehead atoms. The maximum absolute atomic E-state index is 12.3. The summed E-state index contributed by atoms with van der Waals surface area (Å²) in [6.45, 7) is 2.59. The first-order valence-electron chi connectivity index (χ1n) is 7.35. The van der Waals surface area contributed by atoms with Crippen molar-refractivity contribution in [2.45, 2.75) is 13.5 Å². The molecule has 0 unspecified atom stereocenters. The van der Waals surface area contributed by atoms with Gasteiger partial charge in [0, 0.05) is 6.07 Å². The number of hydrogen-bond acceptors (Lipinski definition) is 6. The number of aryl methyl sites for hydroxylation is 1. The van der Waals surface area contributed by atoms with Gasteiger partial charge in [0.05, 0.1) is 11.0 Å². The van der Waals surface area contributed by atoms with Crippen LogP contribution in [0, 0.1) is 17.0 Å². The minimum Gasteiger partial charge on any atom is -0.486 e. The van der Waals surface area contributed by atoms with Gasteiger partial charge in [-0.2, -0.15) is 0 Å². The van der Waals surface area contributed by atoms with Crippen LogP contribution in [0.25, 0.3) is 0 Å². The van der Waals surface area contributed by atoms with Crippen LogP contribution in [0.1, 0.15) is 21.5 Å². The van der Waals surface area contributed by atoms with Crippen molar-refractivity contribution in [1.29, 1.82) is 0 Å². The zero-order valence-electron chi connectivity index (χ0n) is 13.0. The van der Waals surface area contributed by atoms with E-state index in [0.29, 0.717) is 19.0 Å². The second kappa shape index (κ2) is 6.57. The molecular formula is C17H15NO6. The molecule has 0 aromatic heterocycles. The number of benzene rings is 2. The van der Waals surface area contributed by atoms with E-state index in [1.54, 1.807) is 0 Å². The predicted octanol–water partition coefficient (Wildman–Crippen LogP) is 3.03. The molecule has 124 valence electrons. The molecule has 0 fully saturated rings. The Morgan fingerprint density at radius 1 is 1.21 bits per heavy atom. The molecule has 0 amide bonds. The monoisotopic (exact) mass is 329 g/mol. The zero-order valence-corrected chi connectivity index (χ0v) is 13.0. The number of nitrogens with zero attached hydrogens (tertiary/aromatic N) is 1. The topological polar surface area (TPSA) is 87.9 Å². The van der Waals surface area contributed by atoms with Gasteiger partial charge in [-0.3, -0.25) is 10.1 Å². The number of esters is 1. The van der Waals surface area contributed by atoms with E-state index < -0.39 is 10.9 Å². The van der Waals surface area contributed by atoms with Crippen molar-refractivity contribution < 1.29 is 23.9 Å². The van der Waals surface area contributed by atoms with Crippen LogP contribution in [-0.2, 0) is 11.3 Å². The van der Waals surface area contributed by atoms with Gasteiger partial charge in [0.25, 0.3) is 5.69 Å². The molecule has 0 radical (unpaired) electrons. The summed E-state index contributed by atoms with van der Waals surface area (Å²) >= 11 is 0. The average Bonchev–Trinajstić information content (AvgIpc) is 2.58. The Labute approximate surface area is 137 Å². The molecule has 7 heteroatoms. The number of hydrogen-bond donors (Lipinski definition) is 0. The first-order chi connectivity index (χ1) is 11.5. The lowest BCUT2D eigenvalue weighted by Crippen LogP contribution is -2.17. The summed E-state index contributed by atoms with van der Waals surface area (Å²) in [4.78, 5) is 22.9. The zero-order chi connectivity index (χ0) is 17.1. The lowest BCUT2D eigenvalue weighted by atomic mass is 10.1. The third-order valence-corrected chi connectivity index (χ3v) is 3.53. The largest absolute Gasteiger partial charge is 0.486 e. The van der Waals surface area contributed by atoms with Crippen molar-refractivity contribution in [1.82, 2.24) is 0 Å². The average molecular weight is 329 g/mol. The van der Waals surface area contributed by atoms with E-state index in [9.17, 15) is 14.9 Å². The normalized spacial score (nSPS) is 12.5. The van der Waals surface area contributed by atoms with Crippen LogP contribution in [0.15, 0.2) is 36.4 Å². The van der Waals surface area contributed by atoms with Crippen LogP contribution in [0.5, 0.6) is 11.5 Å². The fourth-order valence-corrected chi connectivity index (χ4v) is 2.42. The van der Waals surface area contributed by atoms with Crippen LogP contribution in [0.4, 0.5) is 5.69 Å². The quantitative estimate of drug-likeness (QED) is 0.487. The lowest BCUT2D eigenvalue weighted by molar-refractivity contribution is -0.385. The van der Waals surface area contributed by atoms with Gasteiger partial charge in [0.15, 0.2) is 11.5 Å². The van der Waals surface area contributed by atoms with Crippen LogP contribution in [0.3, 0.4) is 0 Å². The molecule has 0 aliphatic carbocycles. The molecule has 1 aliphatic rings. The third-order valence-electron chi connectivity index (χ3n) is 3.53. The highest BCUT2D eigenvalue weighted by Crippen LogP contribution is 2.36. The van der Waals surface area contributed by atoms with Gasteiger partial charge < -0.3 is 14.2 Å². The predicted molar refractivity (Wildman–Crippen MR) is 84.4 cm³/mol. The Morgan fingerprint density at radius 2 is 1.92 bits per heavy atom. The summed E-state index contributed by atoms with van der Waals surface area (Å²) in [5, 5.41) is 11.2. The summed E-state index contributed by atoms with van der Waals surface area (Å²) in [6, 6.07) is 9.97. The van der Waals surface area contributed by atoms with E-state index in [-0.39, 0.29) is 23.6 Å². The summed E-state index contributed by atoms with van der Waals surface area (Å²) in [7, 11) is 0. The second-order valence-electron chi connectivity index (χ2n) is 5.34. The van der Waals surface area contributed by atoms with Crippen molar-refractivity contribution in [2.75, 3.05) is 13.2 Å². The number of nitro benzene ring substituents is 1. The van der Waals surface area contributed by atoms with Crippen LogP contribution in [0.2, 0.25) is 0 Å². The minimum absolute atomic E-state index is 0.0338. The molecule has 0 saturated heterocycles. The van der Waals surface area contributed by atoms with Crippen LogP contribution < -0.4 is 9.47 Å². The molecule has 1 aliphatic heterocycles. The Bertz CT molecular complexity index is 802. The molecule has 0 spiro atoms. The van der Waals surface area contributed by atoms with E-state index >= 15 is 0 Å². The third kappa shape index (κ3) is 3.29. The summed E-state index contributed by atoms with van der Waals surface area (Å²) in [5.74, 6) is -0.224. The van der Waals surface area contributed by atoms with Crippen LogP contribution in [-0.4, -0.2) is 24.1 Å². The molecule has 2 aromatic rings. The van der Waals surface area contributed by atoms with E-state index in [4.69, 9.17) is 14.2 Å². The molecule has 0 N–H and O–H groups in total. The minimum atomic E-state index is -0.778. The Hall–Kier alpha value is -3.09. The fourth-order valence-electron chi connectivity index (χ4n) is 2.42. The van der Waals surface area contributed by atoms with E-state index in [1.165, 1.54) is 12.1 Å². The van der Waals surface area contributed by atoms with Crippen molar-refractivity contribution in [3.63, 3.8) is 0 Å². The number of carbonyl (C=O) groups is 1. The molecule has 0 atom stereocenters. The van der Waals surface area contributed by atoms with Crippen molar-refractivity contribution >= 4 is 11.7 Å². The first kappa shape index (κ1) is 15.8. The van der Waals surface area contributed by atoms with Gasteiger partial charge in [-0.1, -0.05) is 29.8 Å². The maximum Gasteiger partial charge on any atom is 0.345 e. The summed E-state index contributed by atoms with van der Waals surface area (Å²) < 4.78 is 15.9. The lowest BCUT2D eigenvalue weighted by Gasteiger charge is -2.18. The van der Waals surface area contributed by atoms with Crippen LogP contribution >= 0.6 is 0 Å². The van der Waals surface area contributed by atoms with E-state index in [1.807, 2.05) is 31.2 Å². The number of fused-ring (bicyclic) bond motifs is 1. The van der Waals surface area contributed by atoms with Gasteiger partial charge in [0.2, 0.25) is 0 Å². The molecular weight excluding hydrogens is 314 g/mol. The van der Waals surface area contributed by atoms with Gasteiger partial charge >= 0.3 is 5.97 Å². The number of rotatable bonds is 4. The second-order valence-corrected chi connectivity index (χ2v) is 5.34. The highest BCUT2D eigenvalue weighted by atomic mass is 16.6. The van der Waals surface area contributed by atoms with E-state index in [2.05, 4.69) is 0 Å². The van der Waals surface area contributed by atoms with Gasteiger partial charge in [-0.15, -0.1) is 0 Å². The first-order valence-corrected chi connectivity index (χ1v) is 7.35. The van der Waals surface area contributed by atoms with Gasteiger partial charge in [-0.05, 0) is 12.5 Å². The standard InChI is InChI=1S/C17H15NO6/c1-11-3-2-4-12(7-11)10-24-17(19)13-8-15-16(23-6-5-22-15)9-14(13)18(20)21/h2-4,7-9H,5-6,10H2,1H3. The van der Waals surface area contributed by atoms with Gasteiger partial charge in [-0.25, -0.2) is 4.79 Å². The smallest absolute Gasteiger partial charge is 0.345 e. The van der Waals surface area contributed by atoms with Gasteiger partial charge in [0.1, 0.15) is 25.4 Å². The van der Waals surface area contributed by atoms with E-state index in [0.717, 1.165) is 11.1 Å². The van der Waals surface area contributed by atoms with Crippen molar-refractivity contribution in [3.8, 4) is 11.5 Å². The molecule has 1 heterocycles. The molecule has 3 rings (SSSR count). The van der Waals surface area contributed by atoms with Crippen molar-refractivity contribution in [2.24, 2.45) is 0 Å². The number of ether oxygens (including phenoxy) is 3. The molecule has 24 heavy (non-hydrogen) atoms. The maximum atomic E-state index is 12.3. The molecule has 7 nitrogen and oxygen atoms in total. The SMILES string of the molecule is Cc1cccc(COC(=O)c2cc3c(cc2[N+](=O)[O-])OCCO3)c1. The highest BCUT2D eigenvalue weighted by molar-refractivity contribution is 5.95. The number of carbonyl (C=O) groups excluding carboxylic acids is 1. The Balaban J connectivity index is 1.84. The molecule has 0 saturated carbocycles. The Morgan fingerprint density at radius 3 is 2.58 bits per heavy atom. The highest BCUT2D eigenvalue weighted by Gasteiger charge is 2.27. The Kier molecular flexibility index (Phi) is 4.33. The van der Waals surface area contributed by atoms with Crippen molar-refractivity contribution in [3.05, 3.63) is 63.2 Å². The summed E-state index contributed by atoms with van der Waals surface area (Å²) in [6.07, 6.45) is 0. The summed E-state index contributed by atoms with van der Waals surface area (Å²) in [5.41, 5.74) is 1.32. The fraction of sp³-hybridized carbons (Fsp3) is 0.235. The number of nitro groups is 1. The molecule has 2 aromatic carbocycles.